The van der Waals surface area contributed by atoms with Crippen molar-refractivity contribution in [3.05, 3.63) is 23.5 Å². The first-order chi connectivity index (χ1) is 11.4. The summed E-state index contributed by atoms with van der Waals surface area (Å²) in [5.74, 6) is -0.154. The van der Waals surface area contributed by atoms with Crippen LogP contribution < -0.4 is 5.32 Å². The van der Waals surface area contributed by atoms with Crippen molar-refractivity contribution in [2.24, 2.45) is 0 Å². The van der Waals surface area contributed by atoms with Gasteiger partial charge in [0.15, 0.2) is 5.65 Å². The van der Waals surface area contributed by atoms with Gasteiger partial charge >= 0.3 is 0 Å². The van der Waals surface area contributed by atoms with E-state index in [1.54, 1.807) is 16.9 Å². The molecule has 1 N–H and O–H groups in total. The second-order valence-electron chi connectivity index (χ2n) is 6.28. The number of ether oxygens (including phenoxy) is 1. The standard InChI is InChI=1S/C17H23N5O2/c1-10(2)15-6-13(17(23)20-12(7-18)9-24-5)14-8-19-22(11(3)4)16(14)21-15/h6,8,10-12H,9H2,1-5H3,(H,20,23). The van der Waals surface area contributed by atoms with E-state index < -0.39 is 6.04 Å². The molecule has 7 heteroatoms. The van der Waals surface area contributed by atoms with Gasteiger partial charge in [0.1, 0.15) is 6.04 Å². The topological polar surface area (TPSA) is 92.8 Å². The van der Waals surface area contributed by atoms with Crippen LogP contribution in [0.5, 0.6) is 0 Å². The van der Waals surface area contributed by atoms with Crippen LogP contribution in [0.3, 0.4) is 0 Å². The Labute approximate surface area is 141 Å². The van der Waals surface area contributed by atoms with Gasteiger partial charge in [0, 0.05) is 18.8 Å². The molecule has 0 aliphatic carbocycles. The molecule has 1 atom stereocenters. The van der Waals surface area contributed by atoms with Crippen molar-refractivity contribution >= 4 is 16.9 Å². The Morgan fingerprint density at radius 1 is 1.42 bits per heavy atom. The molecular weight excluding hydrogens is 306 g/mol. The smallest absolute Gasteiger partial charge is 0.253 e. The lowest BCUT2D eigenvalue weighted by atomic mass is 10.0. The molecule has 2 aromatic heterocycles. The first kappa shape index (κ1) is 17.9. The van der Waals surface area contributed by atoms with Crippen LogP contribution in [0.2, 0.25) is 0 Å². The fourth-order valence-electron chi connectivity index (χ4n) is 2.41. The van der Waals surface area contributed by atoms with E-state index in [2.05, 4.69) is 15.4 Å². The van der Waals surface area contributed by atoms with Gasteiger partial charge in [0.2, 0.25) is 0 Å². The summed E-state index contributed by atoms with van der Waals surface area (Å²) in [7, 11) is 1.49. The molecule has 0 bridgehead atoms. The van der Waals surface area contributed by atoms with E-state index in [4.69, 9.17) is 10.00 Å². The fourth-order valence-corrected chi connectivity index (χ4v) is 2.41. The molecule has 0 spiro atoms. The molecule has 2 heterocycles. The lowest BCUT2D eigenvalue weighted by molar-refractivity contribution is 0.0920. The van der Waals surface area contributed by atoms with Gasteiger partial charge in [-0.15, -0.1) is 0 Å². The highest BCUT2D eigenvalue weighted by Crippen LogP contribution is 2.24. The van der Waals surface area contributed by atoms with E-state index in [0.29, 0.717) is 16.6 Å². The highest BCUT2D eigenvalue weighted by molar-refractivity contribution is 6.05. The predicted octanol–water partition coefficient (Wildman–Crippen LogP) is 2.40. The number of nitrogens with one attached hydrogen (secondary N) is 1. The van der Waals surface area contributed by atoms with Crippen molar-refractivity contribution in [2.45, 2.75) is 45.7 Å². The number of aromatic nitrogens is 3. The van der Waals surface area contributed by atoms with E-state index in [0.717, 1.165) is 5.69 Å². The third-order valence-corrected chi connectivity index (χ3v) is 3.71. The lowest BCUT2D eigenvalue weighted by Crippen LogP contribution is -2.37. The Hall–Kier alpha value is -2.46. The van der Waals surface area contributed by atoms with Crippen LogP contribution in [0.25, 0.3) is 11.0 Å². The number of carbonyl (C=O) groups is 1. The van der Waals surface area contributed by atoms with Crippen molar-refractivity contribution in [2.75, 3.05) is 13.7 Å². The van der Waals surface area contributed by atoms with Crippen molar-refractivity contribution < 1.29 is 9.53 Å². The van der Waals surface area contributed by atoms with E-state index in [9.17, 15) is 4.79 Å². The van der Waals surface area contributed by atoms with Gasteiger partial charge in [-0.2, -0.15) is 10.4 Å². The number of rotatable bonds is 6. The Morgan fingerprint density at radius 2 is 2.12 bits per heavy atom. The molecule has 7 nitrogen and oxygen atoms in total. The second-order valence-corrected chi connectivity index (χ2v) is 6.28. The molecule has 0 saturated heterocycles. The lowest BCUT2D eigenvalue weighted by Gasteiger charge is -2.14. The number of pyridine rings is 1. The summed E-state index contributed by atoms with van der Waals surface area (Å²) in [5, 5.41) is 16.8. The number of carbonyl (C=O) groups excluding carboxylic acids is 1. The SMILES string of the molecule is COCC(C#N)NC(=O)c1cc(C(C)C)nc2c1cnn2C(C)C. The number of nitriles is 1. The summed E-state index contributed by atoms with van der Waals surface area (Å²) in [6.45, 7) is 8.21. The van der Waals surface area contributed by atoms with Crippen LogP contribution in [0.1, 0.15) is 55.7 Å². The Kier molecular flexibility index (Phi) is 5.52. The average molecular weight is 329 g/mol. The van der Waals surface area contributed by atoms with Gasteiger partial charge in [0.25, 0.3) is 5.91 Å². The molecule has 0 aromatic carbocycles. The van der Waals surface area contributed by atoms with Crippen molar-refractivity contribution in [1.82, 2.24) is 20.1 Å². The Bertz CT molecular complexity index is 773. The van der Waals surface area contributed by atoms with Gasteiger partial charge in [-0.3, -0.25) is 4.79 Å². The van der Waals surface area contributed by atoms with Crippen LogP contribution in [0.15, 0.2) is 12.3 Å². The molecular formula is C17H23N5O2. The number of hydrogen-bond donors (Lipinski definition) is 1. The van der Waals surface area contributed by atoms with E-state index >= 15 is 0 Å². The minimum atomic E-state index is -0.701. The van der Waals surface area contributed by atoms with E-state index in [1.807, 2.05) is 33.8 Å². The molecule has 0 saturated carbocycles. The van der Waals surface area contributed by atoms with Gasteiger partial charge in [-0.05, 0) is 25.8 Å². The van der Waals surface area contributed by atoms with Crippen molar-refractivity contribution in [3.63, 3.8) is 0 Å². The first-order valence-corrected chi connectivity index (χ1v) is 7.96. The van der Waals surface area contributed by atoms with Crippen LogP contribution in [-0.4, -0.2) is 40.4 Å². The molecule has 0 radical (unpaired) electrons. The highest BCUT2D eigenvalue weighted by atomic mass is 16.5. The summed E-state index contributed by atoms with van der Waals surface area (Å²) in [6.07, 6.45) is 1.65. The molecule has 0 aliphatic heterocycles. The maximum atomic E-state index is 12.7. The van der Waals surface area contributed by atoms with Crippen LogP contribution in [0, 0.1) is 11.3 Å². The normalized spacial score (nSPS) is 12.6. The van der Waals surface area contributed by atoms with Crippen LogP contribution in [-0.2, 0) is 4.74 Å². The third kappa shape index (κ3) is 3.54. The van der Waals surface area contributed by atoms with Crippen molar-refractivity contribution in [3.8, 4) is 6.07 Å². The van der Waals surface area contributed by atoms with Gasteiger partial charge < -0.3 is 10.1 Å². The largest absolute Gasteiger partial charge is 0.381 e. The fraction of sp³-hybridized carbons (Fsp3) is 0.529. The Morgan fingerprint density at radius 3 is 2.67 bits per heavy atom. The molecule has 24 heavy (non-hydrogen) atoms. The molecule has 2 rings (SSSR count). The molecule has 128 valence electrons. The van der Waals surface area contributed by atoms with Crippen LogP contribution in [0.4, 0.5) is 0 Å². The maximum Gasteiger partial charge on any atom is 0.253 e. The monoisotopic (exact) mass is 329 g/mol. The average Bonchev–Trinajstić information content (AvgIpc) is 2.97. The number of hydrogen-bond acceptors (Lipinski definition) is 5. The summed E-state index contributed by atoms with van der Waals surface area (Å²) in [5.41, 5.74) is 1.98. The summed E-state index contributed by atoms with van der Waals surface area (Å²) >= 11 is 0. The molecule has 2 aromatic rings. The van der Waals surface area contributed by atoms with Crippen molar-refractivity contribution in [1.29, 1.82) is 5.26 Å². The zero-order chi connectivity index (χ0) is 17.9. The van der Waals surface area contributed by atoms with E-state index in [-0.39, 0.29) is 24.5 Å². The summed E-state index contributed by atoms with van der Waals surface area (Å²) in [6, 6.07) is 3.23. The highest BCUT2D eigenvalue weighted by Gasteiger charge is 2.20. The number of amides is 1. The van der Waals surface area contributed by atoms with Crippen LogP contribution >= 0.6 is 0 Å². The Balaban J connectivity index is 2.52. The van der Waals surface area contributed by atoms with Gasteiger partial charge in [-0.25, -0.2) is 9.67 Å². The molecule has 0 aliphatic rings. The molecule has 0 fully saturated rings. The predicted molar refractivity (Wildman–Crippen MR) is 90.7 cm³/mol. The summed E-state index contributed by atoms with van der Waals surface area (Å²) in [4.78, 5) is 17.3. The summed E-state index contributed by atoms with van der Waals surface area (Å²) < 4.78 is 6.75. The zero-order valence-electron chi connectivity index (χ0n) is 14.7. The van der Waals surface area contributed by atoms with Gasteiger partial charge in [0.05, 0.1) is 29.8 Å². The van der Waals surface area contributed by atoms with E-state index in [1.165, 1.54) is 7.11 Å². The van der Waals surface area contributed by atoms with Gasteiger partial charge in [-0.1, -0.05) is 13.8 Å². The zero-order valence-corrected chi connectivity index (χ0v) is 14.7. The minimum Gasteiger partial charge on any atom is -0.381 e. The quantitative estimate of drug-likeness (QED) is 0.878. The molecule has 1 amide bonds. The first-order valence-electron chi connectivity index (χ1n) is 7.96. The third-order valence-electron chi connectivity index (χ3n) is 3.71. The number of methoxy groups -OCH3 is 1. The maximum absolute atomic E-state index is 12.7. The second kappa shape index (κ2) is 7.41. The minimum absolute atomic E-state index is 0.133. The number of fused-ring (bicyclic) bond motifs is 1. The number of nitrogens with zero attached hydrogens (tertiary/aromatic N) is 4. The molecule has 1 unspecified atom stereocenters.